The number of hydrogen-bond donors (Lipinski definition) is 4. The summed E-state index contributed by atoms with van der Waals surface area (Å²) in [6.07, 6.45) is 1.03. The Balaban J connectivity index is 1.34. The van der Waals surface area contributed by atoms with E-state index in [-0.39, 0.29) is 0 Å². The zero-order valence-electron chi connectivity index (χ0n) is 17.3. The summed E-state index contributed by atoms with van der Waals surface area (Å²) >= 11 is 6.04. The molecule has 1 saturated heterocycles. The lowest BCUT2D eigenvalue weighted by Crippen LogP contribution is -2.31. The van der Waals surface area contributed by atoms with Crippen molar-refractivity contribution in [1.29, 1.82) is 0 Å². The molecule has 4 aromatic rings. The lowest BCUT2D eigenvalue weighted by Gasteiger charge is -2.17. The predicted octanol–water partition coefficient (Wildman–Crippen LogP) is 2.51. The minimum atomic E-state index is -1.08. The van der Waals surface area contributed by atoms with Gasteiger partial charge in [0.15, 0.2) is 6.23 Å². The first kappa shape index (κ1) is 20.9. The highest BCUT2D eigenvalue weighted by Gasteiger charge is 2.43. The third-order valence-electron chi connectivity index (χ3n) is 5.94. The highest BCUT2D eigenvalue weighted by atomic mass is 35.5. The average molecular weight is 455 g/mol. The van der Waals surface area contributed by atoms with Gasteiger partial charge in [0.25, 0.3) is 0 Å². The van der Waals surface area contributed by atoms with Crippen molar-refractivity contribution in [3.8, 4) is 0 Å². The van der Waals surface area contributed by atoms with Crippen molar-refractivity contribution in [2.45, 2.75) is 37.4 Å². The van der Waals surface area contributed by atoms with E-state index < -0.39 is 24.5 Å². The number of rotatable bonds is 5. The molecule has 4 atom stereocenters. The second kappa shape index (κ2) is 8.18. The van der Waals surface area contributed by atoms with Crippen LogP contribution in [0, 0.1) is 0 Å². The maximum absolute atomic E-state index is 10.7. The number of anilines is 2. The summed E-state index contributed by atoms with van der Waals surface area (Å²) in [7, 11) is 1.78. The lowest BCUT2D eigenvalue weighted by molar-refractivity contribution is -0.0364. The van der Waals surface area contributed by atoms with Gasteiger partial charge in [0.2, 0.25) is 0 Å². The smallest absolute Gasteiger partial charge is 0.164 e. The quantitative estimate of drug-likeness (QED) is 0.361. The van der Waals surface area contributed by atoms with Crippen LogP contribution >= 0.6 is 11.6 Å². The van der Waals surface area contributed by atoms with Gasteiger partial charge in [0, 0.05) is 18.6 Å². The van der Waals surface area contributed by atoms with E-state index in [0.717, 1.165) is 21.9 Å². The molecule has 5 rings (SSSR count). The van der Waals surface area contributed by atoms with Crippen molar-refractivity contribution < 1.29 is 14.9 Å². The van der Waals surface area contributed by atoms with Gasteiger partial charge in [0.05, 0.1) is 22.0 Å². The van der Waals surface area contributed by atoms with Crippen LogP contribution in [0.4, 0.5) is 11.6 Å². The zero-order chi connectivity index (χ0) is 22.4. The molecule has 5 N–H and O–H groups in total. The van der Waals surface area contributed by atoms with Gasteiger partial charge in [-0.25, -0.2) is 15.0 Å². The summed E-state index contributed by atoms with van der Waals surface area (Å²) in [5, 5.41) is 26.5. The number of halogens is 1. The van der Waals surface area contributed by atoms with Crippen molar-refractivity contribution in [2.75, 3.05) is 18.1 Å². The molecule has 1 fully saturated rings. The molecule has 0 unspecified atom stereocenters. The topological polar surface area (TPSA) is 131 Å². The minimum Gasteiger partial charge on any atom is -0.388 e. The van der Waals surface area contributed by atoms with Gasteiger partial charge >= 0.3 is 0 Å². The van der Waals surface area contributed by atoms with Crippen LogP contribution in [0.3, 0.4) is 0 Å². The molecule has 0 radical (unpaired) electrons. The molecule has 32 heavy (non-hydrogen) atoms. The zero-order valence-corrected chi connectivity index (χ0v) is 18.1. The van der Waals surface area contributed by atoms with Gasteiger partial charge in [-0.05, 0) is 36.6 Å². The Morgan fingerprint density at radius 2 is 2.03 bits per heavy atom. The number of aromatic nitrogens is 4. The van der Waals surface area contributed by atoms with Gasteiger partial charge < -0.3 is 30.6 Å². The van der Waals surface area contributed by atoms with E-state index in [0.29, 0.717) is 35.1 Å². The van der Waals surface area contributed by atoms with E-state index in [1.54, 1.807) is 23.9 Å². The van der Waals surface area contributed by atoms with E-state index in [1.165, 1.54) is 6.33 Å². The van der Waals surface area contributed by atoms with Crippen LogP contribution in [0.25, 0.3) is 21.9 Å². The number of hydrogen-bond acceptors (Lipinski definition) is 8. The number of aliphatic hydroxyl groups excluding tert-OH is 2. The standard InChI is InChI=1S/C22H23ClN6O3/c1-25-20-13-6-7-29(21(13)27-10-26-20)22-18(31)17(30)16(32-22)5-3-11-2-4-12-9-14(23)19(24)28-15(12)8-11/h2,4,6-10,16-18,22,30-31H,3,5H2,1H3,(H2,24,28)(H,25,26,27)/t16-,17-,18-,22-/m1/s1. The fraction of sp³-hybridized carbons (Fsp3) is 0.318. The molecule has 1 aliphatic rings. The minimum absolute atomic E-state index is 0.293. The maximum atomic E-state index is 10.7. The summed E-state index contributed by atoms with van der Waals surface area (Å²) in [5.74, 6) is 0.978. The van der Waals surface area contributed by atoms with Gasteiger partial charge in [-0.3, -0.25) is 0 Å². The number of pyridine rings is 1. The molecule has 3 aromatic heterocycles. The van der Waals surface area contributed by atoms with Crippen molar-refractivity contribution in [1.82, 2.24) is 19.5 Å². The van der Waals surface area contributed by atoms with E-state index in [2.05, 4.69) is 20.3 Å². The molecule has 1 aromatic carbocycles. The maximum Gasteiger partial charge on any atom is 0.164 e. The number of fused-ring (bicyclic) bond motifs is 2. The van der Waals surface area contributed by atoms with Crippen LogP contribution in [-0.4, -0.2) is 55.1 Å². The van der Waals surface area contributed by atoms with Crippen LogP contribution in [0.2, 0.25) is 5.02 Å². The number of aryl methyl sites for hydroxylation is 1. The molecule has 4 heterocycles. The Morgan fingerprint density at radius 3 is 2.84 bits per heavy atom. The summed E-state index contributed by atoms with van der Waals surface area (Å²) in [6.45, 7) is 0. The van der Waals surface area contributed by atoms with Gasteiger partial charge in [-0.15, -0.1) is 0 Å². The van der Waals surface area contributed by atoms with Gasteiger partial charge in [-0.2, -0.15) is 0 Å². The number of aliphatic hydroxyl groups is 2. The van der Waals surface area contributed by atoms with E-state index in [4.69, 9.17) is 22.1 Å². The molecule has 10 heteroatoms. The lowest BCUT2D eigenvalue weighted by atomic mass is 10.0. The van der Waals surface area contributed by atoms with E-state index in [9.17, 15) is 10.2 Å². The molecule has 0 aliphatic carbocycles. The molecule has 166 valence electrons. The van der Waals surface area contributed by atoms with Crippen molar-refractivity contribution in [3.63, 3.8) is 0 Å². The van der Waals surface area contributed by atoms with Gasteiger partial charge in [-0.1, -0.05) is 23.7 Å². The summed E-state index contributed by atoms with van der Waals surface area (Å²) in [5.41, 5.74) is 8.23. The number of ether oxygens (including phenoxy) is 1. The first-order valence-electron chi connectivity index (χ1n) is 10.3. The third-order valence-corrected chi connectivity index (χ3v) is 6.24. The molecule has 0 saturated carbocycles. The Labute approximate surface area is 188 Å². The normalized spacial score (nSPS) is 23.2. The Morgan fingerprint density at radius 1 is 1.19 bits per heavy atom. The molecular weight excluding hydrogens is 432 g/mol. The first-order chi connectivity index (χ1) is 15.5. The van der Waals surface area contributed by atoms with E-state index in [1.807, 2.05) is 24.3 Å². The third kappa shape index (κ3) is 3.53. The van der Waals surface area contributed by atoms with Crippen LogP contribution in [0.15, 0.2) is 42.9 Å². The first-order valence-corrected chi connectivity index (χ1v) is 10.7. The SMILES string of the molecule is CNc1ncnc2c1ccn2[C@@H]1O[C@H](CCc2ccc3cc(Cl)c(N)nc3c2)[C@@H](O)[C@H]1O. The Hall–Kier alpha value is -2.98. The number of nitrogens with one attached hydrogen (secondary N) is 1. The van der Waals surface area contributed by atoms with Crippen LogP contribution in [0.5, 0.6) is 0 Å². The fourth-order valence-electron chi connectivity index (χ4n) is 4.24. The van der Waals surface area contributed by atoms with Crippen LogP contribution < -0.4 is 11.1 Å². The monoisotopic (exact) mass is 454 g/mol. The second-order valence-corrected chi connectivity index (χ2v) is 8.31. The number of nitrogen functional groups attached to an aromatic ring is 1. The predicted molar refractivity (Wildman–Crippen MR) is 122 cm³/mol. The highest BCUT2D eigenvalue weighted by Crippen LogP contribution is 2.35. The van der Waals surface area contributed by atoms with Crippen molar-refractivity contribution in [2.24, 2.45) is 0 Å². The number of benzene rings is 1. The largest absolute Gasteiger partial charge is 0.388 e. The van der Waals surface area contributed by atoms with Crippen molar-refractivity contribution in [3.05, 3.63) is 53.4 Å². The van der Waals surface area contributed by atoms with Crippen molar-refractivity contribution >= 4 is 45.2 Å². The average Bonchev–Trinajstić information content (AvgIpc) is 3.34. The van der Waals surface area contributed by atoms with E-state index >= 15 is 0 Å². The summed E-state index contributed by atoms with van der Waals surface area (Å²) in [6, 6.07) is 9.53. The Kier molecular flexibility index (Phi) is 5.34. The molecular formula is C22H23ClN6O3. The molecule has 9 nitrogen and oxygen atoms in total. The number of nitrogens with two attached hydrogens (primary N) is 1. The van der Waals surface area contributed by atoms with Crippen LogP contribution in [-0.2, 0) is 11.2 Å². The Bertz CT molecular complexity index is 1300. The molecule has 0 bridgehead atoms. The summed E-state index contributed by atoms with van der Waals surface area (Å²) in [4.78, 5) is 12.9. The van der Waals surface area contributed by atoms with Crippen LogP contribution in [0.1, 0.15) is 18.2 Å². The molecule has 0 amide bonds. The second-order valence-electron chi connectivity index (χ2n) is 7.90. The number of nitrogens with zero attached hydrogens (tertiary/aromatic N) is 4. The summed E-state index contributed by atoms with van der Waals surface area (Å²) < 4.78 is 7.82. The molecule has 1 aliphatic heterocycles. The van der Waals surface area contributed by atoms with Gasteiger partial charge in [0.1, 0.15) is 35.8 Å². The highest BCUT2D eigenvalue weighted by molar-refractivity contribution is 6.33. The molecule has 0 spiro atoms. The fourth-order valence-corrected chi connectivity index (χ4v) is 4.40.